The number of rotatable bonds is 3. The van der Waals surface area contributed by atoms with Gasteiger partial charge in [0.2, 0.25) is 0 Å². The molecule has 0 heterocycles. The van der Waals surface area contributed by atoms with Crippen molar-refractivity contribution in [1.29, 1.82) is 0 Å². The van der Waals surface area contributed by atoms with Gasteiger partial charge < -0.3 is 11.5 Å². The summed E-state index contributed by atoms with van der Waals surface area (Å²) >= 11 is 3.47. The monoisotopic (exact) mass is 279 g/mol. The number of nitrogens with zero attached hydrogens (tertiary/aromatic N) is 1. The first kappa shape index (κ1) is 11.2. The van der Waals surface area contributed by atoms with Gasteiger partial charge in [-0.2, -0.15) is 0 Å². The van der Waals surface area contributed by atoms with Gasteiger partial charge in [-0.3, -0.25) is 0 Å². The van der Waals surface area contributed by atoms with E-state index in [9.17, 15) is 0 Å². The van der Waals surface area contributed by atoms with Gasteiger partial charge in [-0.05, 0) is 30.0 Å². The van der Waals surface area contributed by atoms with Crippen LogP contribution in [0.4, 0.5) is 0 Å². The van der Waals surface area contributed by atoms with Crippen molar-refractivity contribution in [2.45, 2.75) is 12.3 Å². The molecule has 4 heteroatoms. The lowest BCUT2D eigenvalue weighted by Gasteiger charge is -2.01. The normalized spacial score (nSPS) is 22.6. The Hall–Kier alpha value is -1.29. The van der Waals surface area contributed by atoms with Crippen molar-refractivity contribution in [3.8, 4) is 0 Å². The van der Waals surface area contributed by atoms with E-state index in [0.717, 1.165) is 16.6 Å². The van der Waals surface area contributed by atoms with Crippen molar-refractivity contribution in [2.75, 3.05) is 0 Å². The Morgan fingerprint density at radius 2 is 2.19 bits per heavy atom. The van der Waals surface area contributed by atoms with Gasteiger partial charge in [0.25, 0.3) is 0 Å². The van der Waals surface area contributed by atoms with E-state index < -0.39 is 0 Å². The molecule has 0 spiro atoms. The van der Waals surface area contributed by atoms with E-state index in [0.29, 0.717) is 11.8 Å². The fourth-order valence-corrected chi connectivity index (χ4v) is 2.33. The Morgan fingerprint density at radius 3 is 2.81 bits per heavy atom. The molecule has 0 amide bonds. The number of benzene rings is 1. The SMILES string of the molecule is C=C(N=C(N)N)C1CC1c1cccc(Br)c1. The van der Waals surface area contributed by atoms with Gasteiger partial charge in [0.15, 0.2) is 5.96 Å². The number of nitrogens with two attached hydrogens (primary N) is 2. The largest absolute Gasteiger partial charge is 0.370 e. The van der Waals surface area contributed by atoms with Crippen molar-refractivity contribution in [2.24, 2.45) is 22.4 Å². The number of halogens is 1. The molecular weight excluding hydrogens is 266 g/mol. The first-order valence-electron chi connectivity index (χ1n) is 5.12. The first-order chi connectivity index (χ1) is 7.58. The predicted molar refractivity (Wildman–Crippen MR) is 69.9 cm³/mol. The summed E-state index contributed by atoms with van der Waals surface area (Å²) in [5.74, 6) is 0.981. The topological polar surface area (TPSA) is 64.4 Å². The summed E-state index contributed by atoms with van der Waals surface area (Å²) in [5, 5.41) is 0. The Kier molecular flexibility index (Phi) is 3.01. The van der Waals surface area contributed by atoms with Crippen LogP contribution in [-0.2, 0) is 0 Å². The smallest absolute Gasteiger partial charge is 0.190 e. The molecule has 0 radical (unpaired) electrons. The standard InChI is InChI=1S/C12H14BrN3/c1-7(16-12(14)15)10-6-11(10)8-3-2-4-9(13)5-8/h2-5,10-11H,1,6H2,(H4,14,15,16). The predicted octanol–water partition coefficient (Wildman–Crippen LogP) is 2.34. The quantitative estimate of drug-likeness (QED) is 0.659. The van der Waals surface area contributed by atoms with Crippen LogP contribution in [0, 0.1) is 5.92 Å². The minimum atomic E-state index is 0.0879. The molecule has 1 fully saturated rings. The van der Waals surface area contributed by atoms with Crippen LogP contribution in [0.3, 0.4) is 0 Å². The molecule has 0 aliphatic heterocycles. The molecule has 84 valence electrons. The van der Waals surface area contributed by atoms with Crippen LogP contribution in [0.25, 0.3) is 0 Å². The lowest BCUT2D eigenvalue weighted by molar-refractivity contribution is 0.924. The molecule has 3 nitrogen and oxygen atoms in total. The van der Waals surface area contributed by atoms with Crippen LogP contribution in [-0.4, -0.2) is 5.96 Å². The Morgan fingerprint density at radius 1 is 1.44 bits per heavy atom. The van der Waals surface area contributed by atoms with Gasteiger partial charge in [0.1, 0.15) is 0 Å². The number of allylic oxidation sites excluding steroid dienone is 1. The summed E-state index contributed by atoms with van der Waals surface area (Å²) in [6.45, 7) is 3.90. The summed E-state index contributed by atoms with van der Waals surface area (Å²) in [6, 6.07) is 8.32. The zero-order valence-corrected chi connectivity index (χ0v) is 10.4. The number of guanidine groups is 1. The van der Waals surface area contributed by atoms with E-state index in [-0.39, 0.29) is 5.96 Å². The highest BCUT2D eigenvalue weighted by molar-refractivity contribution is 9.10. The molecule has 0 aromatic heterocycles. The molecule has 1 aliphatic carbocycles. The fourth-order valence-electron chi connectivity index (χ4n) is 1.92. The van der Waals surface area contributed by atoms with E-state index in [2.05, 4.69) is 39.6 Å². The van der Waals surface area contributed by atoms with Crippen molar-refractivity contribution >= 4 is 21.9 Å². The third kappa shape index (κ3) is 2.44. The van der Waals surface area contributed by atoms with Gasteiger partial charge in [0.05, 0.1) is 0 Å². The number of hydrogen-bond acceptors (Lipinski definition) is 1. The Bertz CT molecular complexity index is 449. The van der Waals surface area contributed by atoms with Crippen molar-refractivity contribution in [3.63, 3.8) is 0 Å². The molecule has 1 saturated carbocycles. The fraction of sp³-hybridized carbons (Fsp3) is 0.250. The van der Waals surface area contributed by atoms with Gasteiger partial charge in [-0.15, -0.1) is 0 Å². The molecule has 4 N–H and O–H groups in total. The van der Waals surface area contributed by atoms with Crippen LogP contribution in [0.5, 0.6) is 0 Å². The van der Waals surface area contributed by atoms with E-state index in [1.165, 1.54) is 5.56 Å². The van der Waals surface area contributed by atoms with Crippen LogP contribution >= 0.6 is 15.9 Å². The summed E-state index contributed by atoms with van der Waals surface area (Å²) in [5.41, 5.74) is 12.7. The summed E-state index contributed by atoms with van der Waals surface area (Å²) < 4.78 is 1.10. The van der Waals surface area contributed by atoms with Gasteiger partial charge in [-0.25, -0.2) is 4.99 Å². The minimum Gasteiger partial charge on any atom is -0.370 e. The van der Waals surface area contributed by atoms with Crippen LogP contribution < -0.4 is 11.5 Å². The first-order valence-corrected chi connectivity index (χ1v) is 5.91. The maximum Gasteiger partial charge on any atom is 0.190 e. The molecule has 1 aromatic rings. The van der Waals surface area contributed by atoms with E-state index in [1.807, 2.05) is 12.1 Å². The summed E-state index contributed by atoms with van der Waals surface area (Å²) in [7, 11) is 0. The lowest BCUT2D eigenvalue weighted by Crippen LogP contribution is -2.22. The molecule has 0 bridgehead atoms. The summed E-state index contributed by atoms with van der Waals surface area (Å²) in [6.07, 6.45) is 1.08. The second kappa shape index (κ2) is 4.29. The van der Waals surface area contributed by atoms with Crippen molar-refractivity contribution < 1.29 is 0 Å². The molecule has 2 atom stereocenters. The van der Waals surface area contributed by atoms with E-state index >= 15 is 0 Å². The Labute approximate surface area is 103 Å². The average Bonchev–Trinajstić information content (AvgIpc) is 2.95. The number of aliphatic imine (C=N–C) groups is 1. The molecule has 2 unspecified atom stereocenters. The zero-order valence-electron chi connectivity index (χ0n) is 8.86. The molecule has 1 aliphatic rings. The number of hydrogen-bond donors (Lipinski definition) is 2. The molecule has 2 rings (SSSR count). The average molecular weight is 280 g/mol. The molecule has 16 heavy (non-hydrogen) atoms. The maximum atomic E-state index is 5.33. The zero-order chi connectivity index (χ0) is 11.7. The highest BCUT2D eigenvalue weighted by Crippen LogP contribution is 2.51. The third-order valence-electron chi connectivity index (χ3n) is 2.77. The van der Waals surface area contributed by atoms with E-state index in [4.69, 9.17) is 11.5 Å². The van der Waals surface area contributed by atoms with Gasteiger partial charge in [0, 0.05) is 16.1 Å². The molecular formula is C12H14BrN3. The Balaban J connectivity index is 2.07. The van der Waals surface area contributed by atoms with Crippen molar-refractivity contribution in [1.82, 2.24) is 0 Å². The minimum absolute atomic E-state index is 0.0879. The van der Waals surface area contributed by atoms with Gasteiger partial charge >= 0.3 is 0 Å². The molecule has 0 saturated heterocycles. The summed E-state index contributed by atoms with van der Waals surface area (Å²) in [4.78, 5) is 4.00. The van der Waals surface area contributed by atoms with Crippen molar-refractivity contribution in [3.05, 3.63) is 46.6 Å². The second-order valence-corrected chi connectivity index (χ2v) is 4.95. The van der Waals surface area contributed by atoms with E-state index in [1.54, 1.807) is 0 Å². The van der Waals surface area contributed by atoms with Crippen LogP contribution in [0.1, 0.15) is 17.9 Å². The second-order valence-electron chi connectivity index (χ2n) is 4.03. The maximum absolute atomic E-state index is 5.33. The lowest BCUT2D eigenvalue weighted by atomic mass is 10.1. The van der Waals surface area contributed by atoms with Crippen LogP contribution in [0.15, 0.2) is 46.0 Å². The van der Waals surface area contributed by atoms with Gasteiger partial charge in [-0.1, -0.05) is 34.6 Å². The third-order valence-corrected chi connectivity index (χ3v) is 3.26. The highest BCUT2D eigenvalue weighted by Gasteiger charge is 2.40. The highest BCUT2D eigenvalue weighted by atomic mass is 79.9. The molecule has 1 aromatic carbocycles. The van der Waals surface area contributed by atoms with Crippen LogP contribution in [0.2, 0.25) is 0 Å².